The monoisotopic (exact) mass is 248 g/mol. The van der Waals surface area contributed by atoms with Crippen molar-refractivity contribution in [2.45, 2.75) is 43.0 Å². The van der Waals surface area contributed by atoms with E-state index >= 15 is 0 Å². The van der Waals surface area contributed by atoms with E-state index in [9.17, 15) is 0 Å². The number of nitrogens with one attached hydrogen (secondary N) is 1. The van der Waals surface area contributed by atoms with Crippen LogP contribution in [0.25, 0.3) is 11.2 Å². The number of fused-ring (bicyclic) bond motifs is 1. The van der Waals surface area contributed by atoms with E-state index in [1.807, 2.05) is 11.8 Å². The second kappa shape index (κ2) is 4.64. The van der Waals surface area contributed by atoms with Crippen molar-refractivity contribution in [1.29, 1.82) is 0 Å². The first-order valence-electron chi connectivity index (χ1n) is 6.13. The number of H-pyrrole nitrogens is 1. The van der Waals surface area contributed by atoms with Crippen LogP contribution in [0, 0.1) is 5.92 Å². The second-order valence-corrected chi connectivity index (χ2v) is 6.10. The minimum absolute atomic E-state index is 0.701. The summed E-state index contributed by atoms with van der Waals surface area (Å²) in [5.74, 6) is 0.852. The van der Waals surface area contributed by atoms with Crippen LogP contribution in [0.15, 0.2) is 17.7 Å². The van der Waals surface area contributed by atoms with Crippen LogP contribution in [-0.4, -0.2) is 25.2 Å². The molecule has 1 saturated carbocycles. The fourth-order valence-corrected chi connectivity index (χ4v) is 3.77. The zero-order valence-corrected chi connectivity index (χ0v) is 10.7. The van der Waals surface area contributed by atoms with Gasteiger partial charge in [0.05, 0.1) is 6.20 Å². The van der Waals surface area contributed by atoms with Crippen LogP contribution in [0.2, 0.25) is 0 Å². The quantitative estimate of drug-likeness (QED) is 0.887. The summed E-state index contributed by atoms with van der Waals surface area (Å²) >= 11 is 1.86. The molecule has 0 aliphatic heterocycles. The van der Waals surface area contributed by atoms with Crippen molar-refractivity contribution in [1.82, 2.24) is 19.9 Å². The van der Waals surface area contributed by atoms with Crippen molar-refractivity contribution in [2.24, 2.45) is 5.92 Å². The molecule has 0 radical (unpaired) electrons. The first-order chi connectivity index (χ1) is 8.31. The van der Waals surface area contributed by atoms with E-state index in [-0.39, 0.29) is 0 Å². The lowest BCUT2D eigenvalue weighted by Crippen LogP contribution is -2.15. The van der Waals surface area contributed by atoms with Gasteiger partial charge in [-0.25, -0.2) is 15.0 Å². The summed E-state index contributed by atoms with van der Waals surface area (Å²) in [6.07, 6.45) is 8.65. The highest BCUT2D eigenvalue weighted by molar-refractivity contribution is 7.99. The molecular weight excluding hydrogens is 232 g/mol. The van der Waals surface area contributed by atoms with Gasteiger partial charge in [-0.15, -0.1) is 0 Å². The van der Waals surface area contributed by atoms with Crippen LogP contribution in [0.4, 0.5) is 0 Å². The number of hydrogen-bond acceptors (Lipinski definition) is 4. The summed E-state index contributed by atoms with van der Waals surface area (Å²) in [4.78, 5) is 15.9. The first-order valence-corrected chi connectivity index (χ1v) is 7.01. The molecule has 0 spiro atoms. The minimum Gasteiger partial charge on any atom is -0.330 e. The number of nitrogens with zero attached hydrogens (tertiary/aromatic N) is 3. The third-order valence-electron chi connectivity index (χ3n) is 3.31. The SMILES string of the molecule is CC1CCCC(Sc2nc3ncncc3[nH]2)C1. The van der Waals surface area contributed by atoms with Gasteiger partial charge in [-0.3, -0.25) is 0 Å². The van der Waals surface area contributed by atoms with E-state index in [2.05, 4.69) is 26.9 Å². The normalized spacial score (nSPS) is 25.2. The second-order valence-electron chi connectivity index (χ2n) is 4.81. The van der Waals surface area contributed by atoms with Gasteiger partial charge in [0.1, 0.15) is 11.8 Å². The highest BCUT2D eigenvalue weighted by Gasteiger charge is 2.21. The van der Waals surface area contributed by atoms with Gasteiger partial charge in [0.25, 0.3) is 0 Å². The number of aromatic amines is 1. The lowest BCUT2D eigenvalue weighted by molar-refractivity contribution is 0.394. The summed E-state index contributed by atoms with van der Waals surface area (Å²) in [5.41, 5.74) is 1.70. The summed E-state index contributed by atoms with van der Waals surface area (Å²) in [6.45, 7) is 2.34. The Labute approximate surface area is 105 Å². The average molecular weight is 248 g/mol. The molecule has 1 N–H and O–H groups in total. The molecule has 0 amide bonds. The van der Waals surface area contributed by atoms with Gasteiger partial charge in [-0.05, 0) is 18.8 Å². The standard InChI is InChI=1S/C12H16N4S/c1-8-3-2-4-9(5-8)17-12-15-10-6-13-7-14-11(10)16-12/h6-9H,2-5H2,1H3,(H,13,14,15,16). The van der Waals surface area contributed by atoms with Crippen LogP contribution in [0.1, 0.15) is 32.6 Å². The van der Waals surface area contributed by atoms with Crippen LogP contribution in [-0.2, 0) is 0 Å². The number of thioether (sulfide) groups is 1. The van der Waals surface area contributed by atoms with E-state index < -0.39 is 0 Å². The third kappa shape index (κ3) is 2.44. The minimum atomic E-state index is 0.701. The molecule has 2 unspecified atom stereocenters. The predicted octanol–water partition coefficient (Wildman–Crippen LogP) is 3.02. The van der Waals surface area contributed by atoms with Crippen LogP contribution >= 0.6 is 11.8 Å². The lowest BCUT2D eigenvalue weighted by atomic mass is 9.91. The summed E-state index contributed by atoms with van der Waals surface area (Å²) in [7, 11) is 0. The molecule has 3 rings (SSSR count). The maximum Gasteiger partial charge on any atom is 0.181 e. The summed E-state index contributed by atoms with van der Waals surface area (Å²) in [5, 5.41) is 1.69. The van der Waals surface area contributed by atoms with Crippen molar-refractivity contribution in [3.8, 4) is 0 Å². The van der Waals surface area contributed by atoms with Gasteiger partial charge in [-0.1, -0.05) is 31.5 Å². The molecular formula is C12H16N4S. The largest absolute Gasteiger partial charge is 0.330 e. The Morgan fingerprint density at radius 2 is 2.35 bits per heavy atom. The Balaban J connectivity index is 1.75. The van der Waals surface area contributed by atoms with Crippen molar-refractivity contribution in [3.05, 3.63) is 12.5 Å². The number of imidazole rings is 1. The Bertz CT molecular complexity index is 477. The molecule has 0 saturated heterocycles. The number of rotatable bonds is 2. The zero-order chi connectivity index (χ0) is 11.7. The van der Waals surface area contributed by atoms with Crippen molar-refractivity contribution in [3.63, 3.8) is 0 Å². The zero-order valence-electron chi connectivity index (χ0n) is 9.89. The van der Waals surface area contributed by atoms with Gasteiger partial charge in [-0.2, -0.15) is 0 Å². The molecule has 2 atom stereocenters. The number of hydrogen-bond donors (Lipinski definition) is 1. The van der Waals surface area contributed by atoms with Crippen LogP contribution in [0.5, 0.6) is 0 Å². The molecule has 5 heteroatoms. The van der Waals surface area contributed by atoms with Crippen molar-refractivity contribution in [2.75, 3.05) is 0 Å². The first kappa shape index (κ1) is 11.0. The third-order valence-corrected chi connectivity index (χ3v) is 4.48. The molecule has 0 aromatic carbocycles. The van der Waals surface area contributed by atoms with Gasteiger partial charge >= 0.3 is 0 Å². The maximum atomic E-state index is 4.49. The highest BCUT2D eigenvalue weighted by atomic mass is 32.2. The van der Waals surface area contributed by atoms with Gasteiger partial charge in [0.15, 0.2) is 10.8 Å². The van der Waals surface area contributed by atoms with Crippen LogP contribution < -0.4 is 0 Å². The predicted molar refractivity (Wildman–Crippen MR) is 69.0 cm³/mol. The lowest BCUT2D eigenvalue weighted by Gasteiger charge is -2.25. The molecule has 4 nitrogen and oxygen atoms in total. The fourth-order valence-electron chi connectivity index (χ4n) is 2.44. The smallest absolute Gasteiger partial charge is 0.181 e. The average Bonchev–Trinajstić information content (AvgIpc) is 2.71. The van der Waals surface area contributed by atoms with Gasteiger partial charge < -0.3 is 4.98 Å². The Morgan fingerprint density at radius 3 is 3.18 bits per heavy atom. The molecule has 17 heavy (non-hydrogen) atoms. The fraction of sp³-hybridized carbons (Fsp3) is 0.583. The Morgan fingerprint density at radius 1 is 1.41 bits per heavy atom. The van der Waals surface area contributed by atoms with Gasteiger partial charge in [0, 0.05) is 5.25 Å². The maximum absolute atomic E-state index is 4.49. The van der Waals surface area contributed by atoms with E-state index in [1.54, 1.807) is 12.5 Å². The van der Waals surface area contributed by atoms with E-state index in [0.717, 1.165) is 22.2 Å². The molecule has 1 fully saturated rings. The van der Waals surface area contributed by atoms with Crippen molar-refractivity contribution >= 4 is 22.9 Å². The molecule has 2 aromatic heterocycles. The van der Waals surface area contributed by atoms with E-state index in [1.165, 1.54) is 25.7 Å². The topological polar surface area (TPSA) is 54.5 Å². The van der Waals surface area contributed by atoms with Crippen LogP contribution in [0.3, 0.4) is 0 Å². The van der Waals surface area contributed by atoms with E-state index in [4.69, 9.17) is 0 Å². The summed E-state index contributed by atoms with van der Waals surface area (Å²) in [6, 6.07) is 0. The summed E-state index contributed by atoms with van der Waals surface area (Å²) < 4.78 is 0. The molecule has 0 bridgehead atoms. The molecule has 90 valence electrons. The highest BCUT2D eigenvalue weighted by Crippen LogP contribution is 2.35. The van der Waals surface area contributed by atoms with E-state index in [0.29, 0.717) is 5.25 Å². The van der Waals surface area contributed by atoms with Crippen molar-refractivity contribution < 1.29 is 0 Å². The number of aromatic nitrogens is 4. The molecule has 1 aliphatic rings. The Kier molecular flexibility index (Phi) is 3.01. The molecule has 2 heterocycles. The molecule has 1 aliphatic carbocycles. The molecule has 2 aromatic rings. The Hall–Kier alpha value is -1.10. The van der Waals surface area contributed by atoms with Gasteiger partial charge in [0.2, 0.25) is 0 Å².